The third-order valence-electron chi connectivity index (χ3n) is 5.35. The van der Waals surface area contributed by atoms with Gasteiger partial charge in [-0.05, 0) is 54.1 Å². The van der Waals surface area contributed by atoms with Crippen LogP contribution in [0.15, 0.2) is 48.5 Å². The van der Waals surface area contributed by atoms with Crippen LogP contribution in [-0.2, 0) is 0 Å². The van der Waals surface area contributed by atoms with E-state index in [2.05, 4.69) is 12.1 Å². The quantitative estimate of drug-likeness (QED) is 0.694. The van der Waals surface area contributed by atoms with E-state index in [0.717, 1.165) is 15.6 Å². The minimum Gasteiger partial charge on any atom is -0.337 e. The molecule has 0 spiro atoms. The molecule has 0 saturated carbocycles. The van der Waals surface area contributed by atoms with Crippen molar-refractivity contribution in [2.45, 2.75) is 12.8 Å². The summed E-state index contributed by atoms with van der Waals surface area (Å²) in [5.41, 5.74) is 8.09. The van der Waals surface area contributed by atoms with Gasteiger partial charge in [0.1, 0.15) is 5.82 Å². The molecule has 2 atom stereocenters. The van der Waals surface area contributed by atoms with Crippen LogP contribution in [0.4, 0.5) is 4.39 Å². The molecule has 142 valence electrons. The summed E-state index contributed by atoms with van der Waals surface area (Å²) in [6.45, 7) is 3.79. The molecule has 0 aliphatic carbocycles. The maximum Gasteiger partial charge on any atom is 0.264 e. The number of thiophene rings is 1. The molecule has 3 aromatic rings. The third kappa shape index (κ3) is 3.59. The predicted octanol–water partition coefficient (Wildman–Crippen LogP) is 4.59. The summed E-state index contributed by atoms with van der Waals surface area (Å²) in [5.74, 6) is 0.276. The average molecular weight is 405 g/mol. The van der Waals surface area contributed by atoms with Crippen LogP contribution in [0, 0.1) is 18.7 Å². The number of benzene rings is 2. The van der Waals surface area contributed by atoms with Gasteiger partial charge in [0.15, 0.2) is 0 Å². The standard InChI is InChI=1S/C21H21FN2OS.ClH/c1-13-17-9-16(22)7-8-19(17)26-20(13)21(25)24-11-15(10-23)18(12-24)14-5-3-2-4-6-14;/h2-9,15,18H,10-12,23H2,1H3;1H/t15-,18+;/m1./s1. The van der Waals surface area contributed by atoms with Crippen LogP contribution in [-0.4, -0.2) is 30.4 Å². The third-order valence-corrected chi connectivity index (χ3v) is 6.61. The van der Waals surface area contributed by atoms with Crippen LogP contribution < -0.4 is 5.73 Å². The first-order valence-corrected chi connectivity index (χ1v) is 9.63. The van der Waals surface area contributed by atoms with E-state index in [0.29, 0.717) is 24.5 Å². The molecule has 0 radical (unpaired) electrons. The zero-order valence-electron chi connectivity index (χ0n) is 15.0. The Morgan fingerprint density at radius 2 is 1.96 bits per heavy atom. The second-order valence-corrected chi connectivity index (χ2v) is 7.97. The Morgan fingerprint density at radius 3 is 2.67 bits per heavy atom. The fraction of sp³-hybridized carbons (Fsp3) is 0.286. The molecule has 1 aliphatic rings. The van der Waals surface area contributed by atoms with Gasteiger partial charge in [-0.25, -0.2) is 4.39 Å². The van der Waals surface area contributed by atoms with Crippen molar-refractivity contribution >= 4 is 39.7 Å². The van der Waals surface area contributed by atoms with E-state index in [1.807, 2.05) is 30.0 Å². The number of aryl methyl sites for hydroxylation is 1. The van der Waals surface area contributed by atoms with E-state index in [1.54, 1.807) is 6.07 Å². The summed E-state index contributed by atoms with van der Waals surface area (Å²) in [4.78, 5) is 15.8. The van der Waals surface area contributed by atoms with Crippen LogP contribution in [0.2, 0.25) is 0 Å². The lowest BCUT2D eigenvalue weighted by Crippen LogP contribution is -2.29. The van der Waals surface area contributed by atoms with E-state index >= 15 is 0 Å². The lowest BCUT2D eigenvalue weighted by Gasteiger charge is -2.16. The molecule has 4 rings (SSSR count). The van der Waals surface area contributed by atoms with Crippen LogP contribution >= 0.6 is 23.7 Å². The van der Waals surface area contributed by atoms with Crippen molar-refractivity contribution in [3.8, 4) is 0 Å². The first-order valence-electron chi connectivity index (χ1n) is 8.81. The molecule has 27 heavy (non-hydrogen) atoms. The Bertz CT molecular complexity index is 959. The van der Waals surface area contributed by atoms with E-state index in [4.69, 9.17) is 5.73 Å². The Hall–Kier alpha value is -1.95. The monoisotopic (exact) mass is 404 g/mol. The van der Waals surface area contributed by atoms with Gasteiger partial charge in [0.2, 0.25) is 0 Å². The first-order chi connectivity index (χ1) is 12.6. The second-order valence-electron chi connectivity index (χ2n) is 6.92. The van der Waals surface area contributed by atoms with Crippen LogP contribution in [0.25, 0.3) is 10.1 Å². The summed E-state index contributed by atoms with van der Waals surface area (Å²) in [6, 6.07) is 15.0. The normalized spacial score (nSPS) is 19.3. The summed E-state index contributed by atoms with van der Waals surface area (Å²) in [7, 11) is 0. The molecule has 6 heteroatoms. The SMILES string of the molecule is Cc1c(C(=O)N2C[C@@H](CN)[C@H](c3ccccc3)C2)sc2ccc(F)cc12.Cl. The van der Waals surface area contributed by atoms with Crippen LogP contribution in [0.5, 0.6) is 0 Å². The number of hydrogen-bond acceptors (Lipinski definition) is 3. The summed E-state index contributed by atoms with van der Waals surface area (Å²) >= 11 is 1.44. The van der Waals surface area contributed by atoms with Gasteiger partial charge in [0.25, 0.3) is 5.91 Å². The number of nitrogens with two attached hydrogens (primary N) is 1. The predicted molar refractivity (Wildman–Crippen MR) is 111 cm³/mol. The highest BCUT2D eigenvalue weighted by Gasteiger charge is 2.36. The molecular weight excluding hydrogens is 383 g/mol. The molecule has 1 aliphatic heterocycles. The number of carbonyl (C=O) groups excluding carboxylic acids is 1. The molecule has 2 aromatic carbocycles. The van der Waals surface area contributed by atoms with E-state index in [-0.39, 0.29) is 36.0 Å². The Morgan fingerprint density at radius 1 is 1.22 bits per heavy atom. The Kier molecular flexibility index (Phi) is 5.84. The Labute approximate surface area is 168 Å². The fourth-order valence-corrected chi connectivity index (χ4v) is 5.05. The van der Waals surface area contributed by atoms with Gasteiger partial charge in [0, 0.05) is 23.7 Å². The number of fused-ring (bicyclic) bond motifs is 1. The molecule has 2 heterocycles. The molecule has 0 unspecified atom stereocenters. The largest absolute Gasteiger partial charge is 0.337 e. The number of carbonyl (C=O) groups is 1. The minimum atomic E-state index is -0.272. The smallest absolute Gasteiger partial charge is 0.264 e. The topological polar surface area (TPSA) is 46.3 Å². The maximum absolute atomic E-state index is 13.6. The van der Waals surface area contributed by atoms with Gasteiger partial charge in [-0.2, -0.15) is 0 Å². The van der Waals surface area contributed by atoms with Crippen molar-refractivity contribution in [2.24, 2.45) is 11.7 Å². The first kappa shape index (κ1) is 19.8. The molecule has 0 bridgehead atoms. The van der Waals surface area contributed by atoms with Gasteiger partial charge in [-0.15, -0.1) is 23.7 Å². The van der Waals surface area contributed by atoms with Gasteiger partial charge < -0.3 is 10.6 Å². The zero-order valence-corrected chi connectivity index (χ0v) is 16.7. The van der Waals surface area contributed by atoms with Crippen LogP contribution in [0.1, 0.15) is 26.7 Å². The number of hydrogen-bond donors (Lipinski definition) is 1. The summed E-state index contributed by atoms with van der Waals surface area (Å²) in [5, 5.41) is 0.826. The van der Waals surface area contributed by atoms with Gasteiger partial charge >= 0.3 is 0 Å². The Balaban J connectivity index is 0.00000210. The molecule has 1 aromatic heterocycles. The van der Waals surface area contributed by atoms with Crippen molar-refractivity contribution in [1.29, 1.82) is 0 Å². The van der Waals surface area contributed by atoms with Crippen LogP contribution in [0.3, 0.4) is 0 Å². The minimum absolute atomic E-state index is 0. The van der Waals surface area contributed by atoms with Gasteiger partial charge in [-0.1, -0.05) is 30.3 Å². The fourth-order valence-electron chi connectivity index (χ4n) is 3.89. The lowest BCUT2D eigenvalue weighted by atomic mass is 9.89. The van der Waals surface area contributed by atoms with Crippen molar-refractivity contribution in [3.05, 3.63) is 70.4 Å². The van der Waals surface area contributed by atoms with Crippen molar-refractivity contribution in [1.82, 2.24) is 4.90 Å². The van der Waals surface area contributed by atoms with Crippen molar-refractivity contribution < 1.29 is 9.18 Å². The average Bonchev–Trinajstić information content (AvgIpc) is 3.24. The molecular formula is C21H22ClFN2OS. The maximum atomic E-state index is 13.6. The van der Waals surface area contributed by atoms with Gasteiger partial charge in [-0.3, -0.25) is 4.79 Å². The van der Waals surface area contributed by atoms with E-state index in [1.165, 1.54) is 29.0 Å². The van der Waals surface area contributed by atoms with E-state index in [9.17, 15) is 9.18 Å². The molecule has 1 saturated heterocycles. The number of rotatable bonds is 3. The molecule has 1 fully saturated rings. The number of amides is 1. The van der Waals surface area contributed by atoms with Gasteiger partial charge in [0.05, 0.1) is 4.88 Å². The number of halogens is 2. The summed E-state index contributed by atoms with van der Waals surface area (Å²) in [6.07, 6.45) is 0. The van der Waals surface area contributed by atoms with E-state index < -0.39 is 0 Å². The summed E-state index contributed by atoms with van der Waals surface area (Å²) < 4.78 is 14.5. The lowest BCUT2D eigenvalue weighted by molar-refractivity contribution is 0.0790. The second kappa shape index (κ2) is 7.97. The molecule has 1 amide bonds. The highest BCUT2D eigenvalue weighted by Crippen LogP contribution is 2.36. The zero-order chi connectivity index (χ0) is 18.3. The molecule has 2 N–H and O–H groups in total. The number of nitrogens with zero attached hydrogens (tertiary/aromatic N) is 1. The van der Waals surface area contributed by atoms with Crippen molar-refractivity contribution in [2.75, 3.05) is 19.6 Å². The highest BCUT2D eigenvalue weighted by molar-refractivity contribution is 7.21. The van der Waals surface area contributed by atoms with Crippen molar-refractivity contribution in [3.63, 3.8) is 0 Å². The highest BCUT2D eigenvalue weighted by atomic mass is 35.5. The molecule has 3 nitrogen and oxygen atoms in total. The number of likely N-dealkylation sites (tertiary alicyclic amines) is 1.